The molecule has 0 aliphatic carbocycles. The Morgan fingerprint density at radius 3 is 2.82 bits per heavy atom. The second kappa shape index (κ2) is 8.24. The van der Waals surface area contributed by atoms with Crippen molar-refractivity contribution in [2.75, 3.05) is 44.7 Å². The van der Waals surface area contributed by atoms with Gasteiger partial charge in [-0.05, 0) is 25.0 Å². The summed E-state index contributed by atoms with van der Waals surface area (Å²) in [5.41, 5.74) is 0.598. The SMILES string of the molecule is O=C(NCC1CNCC1O)[C@@H]1CCCN1C(=O)Nc1ccc2c(c1)OCCO2. The number of ether oxygens (including phenoxy) is 2. The van der Waals surface area contributed by atoms with Gasteiger partial charge in [-0.2, -0.15) is 0 Å². The summed E-state index contributed by atoms with van der Waals surface area (Å²) in [5, 5.41) is 18.7. The minimum absolute atomic E-state index is 0.00495. The first-order valence-electron chi connectivity index (χ1n) is 9.75. The highest BCUT2D eigenvalue weighted by Gasteiger charge is 2.35. The third kappa shape index (κ3) is 4.00. The number of benzene rings is 1. The van der Waals surface area contributed by atoms with Crippen LogP contribution in [0.2, 0.25) is 0 Å². The highest BCUT2D eigenvalue weighted by Crippen LogP contribution is 2.33. The van der Waals surface area contributed by atoms with Gasteiger partial charge in [0, 0.05) is 43.9 Å². The Morgan fingerprint density at radius 2 is 2.04 bits per heavy atom. The molecule has 0 radical (unpaired) electrons. The maximum Gasteiger partial charge on any atom is 0.322 e. The van der Waals surface area contributed by atoms with Crippen molar-refractivity contribution in [2.24, 2.45) is 5.92 Å². The number of nitrogens with one attached hydrogen (secondary N) is 3. The van der Waals surface area contributed by atoms with Crippen molar-refractivity contribution in [3.05, 3.63) is 18.2 Å². The lowest BCUT2D eigenvalue weighted by Gasteiger charge is -2.25. The van der Waals surface area contributed by atoms with Crippen molar-refractivity contribution < 1.29 is 24.2 Å². The van der Waals surface area contributed by atoms with Crippen LogP contribution in [0.1, 0.15) is 12.8 Å². The van der Waals surface area contributed by atoms with E-state index in [1.165, 1.54) is 0 Å². The number of amides is 3. The molecule has 3 aliphatic heterocycles. The normalized spacial score (nSPS) is 26.2. The molecular weight excluding hydrogens is 364 g/mol. The number of nitrogens with zero attached hydrogens (tertiary/aromatic N) is 1. The van der Waals surface area contributed by atoms with E-state index in [1.54, 1.807) is 23.1 Å². The number of likely N-dealkylation sites (tertiary alicyclic amines) is 1. The van der Waals surface area contributed by atoms with Crippen LogP contribution in [0, 0.1) is 5.92 Å². The van der Waals surface area contributed by atoms with Gasteiger partial charge in [-0.1, -0.05) is 0 Å². The Balaban J connectivity index is 1.34. The van der Waals surface area contributed by atoms with Gasteiger partial charge in [-0.25, -0.2) is 4.79 Å². The number of anilines is 1. The number of rotatable bonds is 4. The molecule has 2 saturated heterocycles. The van der Waals surface area contributed by atoms with Crippen molar-refractivity contribution in [1.29, 1.82) is 0 Å². The van der Waals surface area contributed by atoms with Crippen LogP contribution in [-0.2, 0) is 4.79 Å². The lowest BCUT2D eigenvalue weighted by atomic mass is 10.1. The van der Waals surface area contributed by atoms with E-state index in [0.29, 0.717) is 63.0 Å². The van der Waals surface area contributed by atoms with E-state index in [-0.39, 0.29) is 17.9 Å². The lowest BCUT2D eigenvalue weighted by molar-refractivity contribution is -0.124. The summed E-state index contributed by atoms with van der Waals surface area (Å²) in [6.45, 7) is 3.15. The molecule has 0 spiro atoms. The first-order chi connectivity index (χ1) is 13.6. The first-order valence-corrected chi connectivity index (χ1v) is 9.75. The molecule has 1 aromatic rings. The average molecular weight is 390 g/mol. The summed E-state index contributed by atoms with van der Waals surface area (Å²) < 4.78 is 11.0. The molecule has 9 nitrogen and oxygen atoms in total. The van der Waals surface area contributed by atoms with Crippen molar-refractivity contribution in [3.63, 3.8) is 0 Å². The van der Waals surface area contributed by atoms with Crippen molar-refractivity contribution in [1.82, 2.24) is 15.5 Å². The van der Waals surface area contributed by atoms with Crippen LogP contribution in [0.5, 0.6) is 11.5 Å². The average Bonchev–Trinajstić information content (AvgIpc) is 3.35. The zero-order chi connectivity index (χ0) is 19.5. The Morgan fingerprint density at radius 1 is 1.21 bits per heavy atom. The highest BCUT2D eigenvalue weighted by atomic mass is 16.6. The minimum atomic E-state index is -0.497. The van der Waals surface area contributed by atoms with E-state index in [1.807, 2.05) is 0 Å². The molecule has 3 atom stereocenters. The number of carbonyl (C=O) groups is 2. The van der Waals surface area contributed by atoms with Crippen molar-refractivity contribution >= 4 is 17.6 Å². The van der Waals surface area contributed by atoms with E-state index in [2.05, 4.69) is 16.0 Å². The van der Waals surface area contributed by atoms with E-state index in [4.69, 9.17) is 9.47 Å². The molecule has 3 aliphatic rings. The maximum absolute atomic E-state index is 12.7. The van der Waals surface area contributed by atoms with Crippen LogP contribution >= 0.6 is 0 Å². The first kappa shape index (κ1) is 18.8. The van der Waals surface area contributed by atoms with Crippen molar-refractivity contribution in [2.45, 2.75) is 25.0 Å². The van der Waals surface area contributed by atoms with Gasteiger partial charge in [-0.3, -0.25) is 4.79 Å². The maximum atomic E-state index is 12.7. The summed E-state index contributed by atoms with van der Waals surface area (Å²) >= 11 is 0. The summed E-state index contributed by atoms with van der Waals surface area (Å²) in [5.74, 6) is 1.09. The number of aliphatic hydroxyl groups is 1. The zero-order valence-corrected chi connectivity index (χ0v) is 15.6. The molecule has 3 amide bonds. The van der Waals surface area contributed by atoms with Gasteiger partial charge in [0.2, 0.25) is 5.91 Å². The quantitative estimate of drug-likeness (QED) is 0.582. The Hall–Kier alpha value is -2.52. The number of urea groups is 1. The number of aliphatic hydroxyl groups excluding tert-OH is 1. The van der Waals surface area contributed by atoms with E-state index >= 15 is 0 Å². The number of hydrogen-bond acceptors (Lipinski definition) is 6. The van der Waals surface area contributed by atoms with E-state index in [0.717, 1.165) is 6.42 Å². The van der Waals surface area contributed by atoms with E-state index < -0.39 is 12.1 Å². The molecule has 28 heavy (non-hydrogen) atoms. The fourth-order valence-corrected chi connectivity index (χ4v) is 3.88. The van der Waals surface area contributed by atoms with Gasteiger partial charge >= 0.3 is 6.03 Å². The molecule has 4 N–H and O–H groups in total. The van der Waals surface area contributed by atoms with Gasteiger partial charge < -0.3 is 35.4 Å². The number of fused-ring (bicyclic) bond motifs is 1. The standard InChI is InChI=1S/C19H26N4O5/c24-15-11-20-9-12(15)10-21-18(25)14-2-1-5-23(14)19(26)22-13-3-4-16-17(8-13)28-7-6-27-16/h3-4,8,12,14-15,20,24H,1-2,5-7,9-11H2,(H,21,25)(H,22,26)/t12?,14-,15?/m0/s1. The summed E-state index contributed by atoms with van der Waals surface area (Å²) in [4.78, 5) is 26.9. The lowest BCUT2D eigenvalue weighted by Crippen LogP contribution is -2.48. The van der Waals surface area contributed by atoms with E-state index in [9.17, 15) is 14.7 Å². The fourth-order valence-electron chi connectivity index (χ4n) is 3.88. The monoisotopic (exact) mass is 390 g/mol. The number of hydrogen-bond donors (Lipinski definition) is 4. The molecule has 2 unspecified atom stereocenters. The summed E-state index contributed by atoms with van der Waals surface area (Å²) in [6, 6.07) is 4.44. The Bertz CT molecular complexity index is 743. The van der Waals surface area contributed by atoms with Gasteiger partial charge in [-0.15, -0.1) is 0 Å². The van der Waals surface area contributed by atoms with Crippen LogP contribution in [0.4, 0.5) is 10.5 Å². The smallest absolute Gasteiger partial charge is 0.322 e. The predicted molar refractivity (Wildman–Crippen MR) is 102 cm³/mol. The summed E-state index contributed by atoms with van der Waals surface area (Å²) in [7, 11) is 0. The second-order valence-electron chi connectivity index (χ2n) is 7.37. The number of β-amino-alcohol motifs (C(OH)–C–C–N with tert-alkyl or cyclic N) is 1. The van der Waals surface area contributed by atoms with Gasteiger partial charge in [0.1, 0.15) is 19.3 Å². The zero-order valence-electron chi connectivity index (χ0n) is 15.6. The molecular formula is C19H26N4O5. The highest BCUT2D eigenvalue weighted by molar-refractivity contribution is 5.94. The van der Waals surface area contributed by atoms with Crippen LogP contribution in [0.3, 0.4) is 0 Å². The van der Waals surface area contributed by atoms with Crippen molar-refractivity contribution in [3.8, 4) is 11.5 Å². The topological polar surface area (TPSA) is 112 Å². The molecule has 4 rings (SSSR count). The number of carbonyl (C=O) groups excluding carboxylic acids is 2. The Kier molecular flexibility index (Phi) is 5.54. The van der Waals surface area contributed by atoms with Crippen LogP contribution in [-0.4, -0.2) is 73.5 Å². The molecule has 3 heterocycles. The molecule has 0 aromatic heterocycles. The molecule has 9 heteroatoms. The summed E-state index contributed by atoms with van der Waals surface area (Å²) in [6.07, 6.45) is 0.963. The third-order valence-electron chi connectivity index (χ3n) is 5.45. The fraction of sp³-hybridized carbons (Fsp3) is 0.579. The van der Waals surface area contributed by atoms with Gasteiger partial charge in [0.05, 0.1) is 6.10 Å². The Labute approximate surface area is 163 Å². The molecule has 152 valence electrons. The van der Waals surface area contributed by atoms with Crippen LogP contribution in [0.25, 0.3) is 0 Å². The minimum Gasteiger partial charge on any atom is -0.486 e. The largest absolute Gasteiger partial charge is 0.486 e. The second-order valence-corrected chi connectivity index (χ2v) is 7.37. The predicted octanol–water partition coefficient (Wildman–Crippen LogP) is 0.151. The van der Waals surface area contributed by atoms with Crippen LogP contribution < -0.4 is 25.4 Å². The van der Waals surface area contributed by atoms with Crippen LogP contribution in [0.15, 0.2) is 18.2 Å². The molecule has 1 aromatic carbocycles. The molecule has 0 saturated carbocycles. The van der Waals surface area contributed by atoms with Gasteiger partial charge in [0.25, 0.3) is 0 Å². The third-order valence-corrected chi connectivity index (χ3v) is 5.45. The van der Waals surface area contributed by atoms with Gasteiger partial charge in [0.15, 0.2) is 11.5 Å². The molecule has 0 bridgehead atoms. The molecule has 2 fully saturated rings.